The van der Waals surface area contributed by atoms with E-state index < -0.39 is 22.0 Å². The molecule has 15 heavy (non-hydrogen) atoms. The van der Waals surface area contributed by atoms with Crippen LogP contribution in [-0.2, 0) is 14.8 Å². The molecule has 0 saturated carbocycles. The van der Waals surface area contributed by atoms with Crippen LogP contribution in [0.15, 0.2) is 0 Å². The van der Waals surface area contributed by atoms with Crippen LogP contribution in [-0.4, -0.2) is 31.3 Å². The Bertz CT molecular complexity index is 342. The van der Waals surface area contributed by atoms with Crippen molar-refractivity contribution < 1.29 is 18.3 Å². The first kappa shape index (κ1) is 13.9. The van der Waals surface area contributed by atoms with Crippen molar-refractivity contribution in [3.05, 3.63) is 0 Å². The number of nitrogens with one attached hydrogen (secondary N) is 1. The van der Waals surface area contributed by atoms with Gasteiger partial charge in [-0.15, -0.1) is 6.42 Å². The second-order valence-electron chi connectivity index (χ2n) is 3.06. The van der Waals surface area contributed by atoms with Gasteiger partial charge in [-0.1, -0.05) is 12.8 Å². The lowest BCUT2D eigenvalue weighted by molar-refractivity contribution is -0.137. The van der Waals surface area contributed by atoms with Gasteiger partial charge < -0.3 is 5.11 Å². The monoisotopic (exact) mass is 233 g/mol. The molecule has 1 unspecified atom stereocenters. The minimum absolute atomic E-state index is 0.0890. The summed E-state index contributed by atoms with van der Waals surface area (Å²) in [6.45, 7) is 1.77. The lowest BCUT2D eigenvalue weighted by Gasteiger charge is -2.10. The highest BCUT2D eigenvalue weighted by Crippen LogP contribution is 1.98. The summed E-state index contributed by atoms with van der Waals surface area (Å²) in [4.78, 5) is 10.2. The SMILES string of the molecule is C#CC(CC)NS(=O)(=O)CCCC(=O)O. The van der Waals surface area contributed by atoms with Gasteiger partial charge >= 0.3 is 5.97 Å². The number of sulfonamides is 1. The predicted molar refractivity (Wildman–Crippen MR) is 56.7 cm³/mol. The Kier molecular flexibility index (Phi) is 5.97. The van der Waals surface area contributed by atoms with Gasteiger partial charge in [-0.25, -0.2) is 13.1 Å². The number of hydrogen-bond donors (Lipinski definition) is 2. The summed E-state index contributed by atoms with van der Waals surface area (Å²) in [5.41, 5.74) is 0. The molecule has 0 aromatic heterocycles. The molecule has 0 aliphatic heterocycles. The highest BCUT2D eigenvalue weighted by atomic mass is 32.2. The first-order valence-electron chi connectivity index (χ1n) is 4.59. The lowest BCUT2D eigenvalue weighted by atomic mass is 10.3. The van der Waals surface area contributed by atoms with Crippen molar-refractivity contribution in [3.63, 3.8) is 0 Å². The van der Waals surface area contributed by atoms with Crippen LogP contribution in [0, 0.1) is 12.3 Å². The number of hydrogen-bond acceptors (Lipinski definition) is 3. The van der Waals surface area contributed by atoms with Crippen LogP contribution in [0.3, 0.4) is 0 Å². The van der Waals surface area contributed by atoms with E-state index >= 15 is 0 Å². The van der Waals surface area contributed by atoms with E-state index in [9.17, 15) is 13.2 Å². The van der Waals surface area contributed by atoms with Crippen molar-refractivity contribution in [1.82, 2.24) is 4.72 Å². The molecule has 5 nitrogen and oxygen atoms in total. The number of carbonyl (C=O) groups is 1. The molecule has 6 heteroatoms. The van der Waals surface area contributed by atoms with Crippen molar-refractivity contribution in [2.45, 2.75) is 32.2 Å². The fraction of sp³-hybridized carbons (Fsp3) is 0.667. The normalized spacial score (nSPS) is 13.1. The second kappa shape index (κ2) is 6.43. The average Bonchev–Trinajstić information content (AvgIpc) is 2.13. The molecule has 0 saturated heterocycles. The zero-order valence-electron chi connectivity index (χ0n) is 8.56. The Balaban J connectivity index is 4.09. The molecular weight excluding hydrogens is 218 g/mol. The highest BCUT2D eigenvalue weighted by Gasteiger charge is 2.14. The molecule has 86 valence electrons. The molecular formula is C9H15NO4S. The standard InChI is InChI=1S/C9H15NO4S/c1-3-8(4-2)10-15(13,14)7-5-6-9(11)12/h1,8,10H,4-7H2,2H3,(H,11,12). The van der Waals surface area contributed by atoms with Gasteiger partial charge in [-0.2, -0.15) is 0 Å². The number of rotatable bonds is 7. The van der Waals surface area contributed by atoms with E-state index in [1.807, 2.05) is 0 Å². The van der Waals surface area contributed by atoms with E-state index in [0.29, 0.717) is 6.42 Å². The van der Waals surface area contributed by atoms with Crippen LogP contribution in [0.2, 0.25) is 0 Å². The van der Waals surface area contributed by atoms with Gasteiger partial charge in [0.1, 0.15) is 0 Å². The smallest absolute Gasteiger partial charge is 0.303 e. The summed E-state index contributed by atoms with van der Waals surface area (Å²) in [6, 6.07) is -0.514. The first-order chi connectivity index (χ1) is 6.91. The zero-order valence-corrected chi connectivity index (χ0v) is 9.38. The Hall–Kier alpha value is -1.06. The second-order valence-corrected chi connectivity index (χ2v) is 4.93. The summed E-state index contributed by atoms with van der Waals surface area (Å²) < 4.78 is 25.0. The van der Waals surface area contributed by atoms with E-state index in [-0.39, 0.29) is 18.6 Å². The van der Waals surface area contributed by atoms with Gasteiger partial charge in [0.2, 0.25) is 10.0 Å². The van der Waals surface area contributed by atoms with Crippen molar-refractivity contribution in [3.8, 4) is 12.3 Å². The third-order valence-corrected chi connectivity index (χ3v) is 3.20. The van der Waals surface area contributed by atoms with E-state index in [1.165, 1.54) is 0 Å². The van der Waals surface area contributed by atoms with Crippen LogP contribution < -0.4 is 4.72 Å². The fourth-order valence-corrected chi connectivity index (χ4v) is 2.23. The third-order valence-electron chi connectivity index (χ3n) is 1.73. The summed E-state index contributed by atoms with van der Waals surface area (Å²) >= 11 is 0. The first-order valence-corrected chi connectivity index (χ1v) is 6.24. The Morgan fingerprint density at radius 2 is 2.20 bits per heavy atom. The molecule has 0 fully saturated rings. The van der Waals surface area contributed by atoms with E-state index in [1.54, 1.807) is 6.92 Å². The van der Waals surface area contributed by atoms with Crippen molar-refractivity contribution >= 4 is 16.0 Å². The maximum absolute atomic E-state index is 11.3. The molecule has 0 amide bonds. The zero-order chi connectivity index (χ0) is 11.9. The third kappa shape index (κ3) is 6.94. The topological polar surface area (TPSA) is 83.5 Å². The highest BCUT2D eigenvalue weighted by molar-refractivity contribution is 7.89. The average molecular weight is 233 g/mol. The van der Waals surface area contributed by atoms with Crippen LogP contribution in [0.5, 0.6) is 0 Å². The Morgan fingerprint density at radius 3 is 2.60 bits per heavy atom. The van der Waals surface area contributed by atoms with E-state index in [0.717, 1.165) is 0 Å². The maximum Gasteiger partial charge on any atom is 0.303 e. The predicted octanol–water partition coefficient (Wildman–Crippen LogP) is 0.182. The minimum atomic E-state index is -3.46. The van der Waals surface area contributed by atoms with Gasteiger partial charge in [-0.05, 0) is 12.8 Å². The largest absolute Gasteiger partial charge is 0.481 e. The van der Waals surface area contributed by atoms with Crippen LogP contribution >= 0.6 is 0 Å². The van der Waals surface area contributed by atoms with Crippen molar-refractivity contribution in [2.75, 3.05) is 5.75 Å². The maximum atomic E-state index is 11.3. The van der Waals surface area contributed by atoms with Gasteiger partial charge in [0, 0.05) is 6.42 Å². The number of carboxylic acid groups (broad SMARTS) is 1. The van der Waals surface area contributed by atoms with Gasteiger partial charge in [0.15, 0.2) is 0 Å². The van der Waals surface area contributed by atoms with Crippen LogP contribution in [0.25, 0.3) is 0 Å². The molecule has 1 atom stereocenters. The summed E-state index contributed by atoms with van der Waals surface area (Å²) in [7, 11) is -3.46. The van der Waals surface area contributed by atoms with E-state index in [4.69, 9.17) is 11.5 Å². The number of carboxylic acids is 1. The Morgan fingerprint density at radius 1 is 1.60 bits per heavy atom. The summed E-state index contributed by atoms with van der Waals surface area (Å²) in [5.74, 6) is 1.08. The quantitative estimate of drug-likeness (QED) is 0.614. The van der Waals surface area contributed by atoms with Crippen molar-refractivity contribution in [1.29, 1.82) is 0 Å². The molecule has 0 aromatic carbocycles. The van der Waals surface area contributed by atoms with E-state index in [2.05, 4.69) is 10.6 Å². The van der Waals surface area contributed by atoms with Gasteiger partial charge in [0.05, 0.1) is 11.8 Å². The molecule has 0 bridgehead atoms. The molecule has 0 spiro atoms. The summed E-state index contributed by atoms with van der Waals surface area (Å²) in [6.07, 6.45) is 5.53. The van der Waals surface area contributed by atoms with Crippen LogP contribution in [0.4, 0.5) is 0 Å². The molecule has 2 N–H and O–H groups in total. The van der Waals surface area contributed by atoms with Gasteiger partial charge in [-0.3, -0.25) is 4.79 Å². The molecule has 0 radical (unpaired) electrons. The Labute approximate surface area is 89.9 Å². The van der Waals surface area contributed by atoms with Gasteiger partial charge in [0.25, 0.3) is 0 Å². The molecule has 0 heterocycles. The molecule has 0 aliphatic rings. The fourth-order valence-electron chi connectivity index (χ4n) is 0.924. The summed E-state index contributed by atoms with van der Waals surface area (Å²) in [5, 5.41) is 8.34. The molecule has 0 rings (SSSR count). The number of terminal acetylenes is 1. The minimum Gasteiger partial charge on any atom is -0.481 e. The number of aliphatic carboxylic acids is 1. The van der Waals surface area contributed by atoms with Crippen molar-refractivity contribution in [2.24, 2.45) is 0 Å². The molecule has 0 aliphatic carbocycles. The molecule has 0 aromatic rings. The van der Waals surface area contributed by atoms with Crippen LogP contribution in [0.1, 0.15) is 26.2 Å². The lowest BCUT2D eigenvalue weighted by Crippen LogP contribution is -2.35.